The average Bonchev–Trinajstić information content (AvgIpc) is 3.17. The second-order valence-electron chi connectivity index (χ2n) is 8.65. The molecule has 0 aromatic carbocycles. The molecule has 4 rings (SSSR count). The zero-order valence-corrected chi connectivity index (χ0v) is 16.6. The third kappa shape index (κ3) is 3.59. The van der Waals surface area contributed by atoms with Gasteiger partial charge in [-0.25, -0.2) is 9.78 Å². The van der Waals surface area contributed by atoms with Crippen molar-refractivity contribution in [3.8, 4) is 0 Å². The highest BCUT2D eigenvalue weighted by molar-refractivity contribution is 7.13. The zero-order valence-electron chi connectivity index (χ0n) is 15.7. The maximum absolute atomic E-state index is 13.0. The number of fused-ring (bicyclic) bond motifs is 2. The first-order valence-electron chi connectivity index (χ1n) is 9.58. The summed E-state index contributed by atoms with van der Waals surface area (Å²) >= 11 is 1.54. The highest BCUT2D eigenvalue weighted by Crippen LogP contribution is 2.42. The molecule has 1 aliphatic carbocycles. The van der Waals surface area contributed by atoms with E-state index in [0.717, 1.165) is 29.1 Å². The predicted octanol–water partition coefficient (Wildman–Crippen LogP) is 3.63. The van der Waals surface area contributed by atoms with Gasteiger partial charge >= 0.3 is 6.09 Å². The molecule has 0 spiro atoms. The molecule has 0 unspecified atom stereocenters. The van der Waals surface area contributed by atoms with Crippen LogP contribution in [0, 0.1) is 0 Å². The fraction of sp³-hybridized carbons (Fsp3) is 0.737. The molecule has 2 aliphatic heterocycles. The first-order valence-corrected chi connectivity index (χ1v) is 10.4. The van der Waals surface area contributed by atoms with E-state index >= 15 is 0 Å². The van der Waals surface area contributed by atoms with Crippen LogP contribution in [0.25, 0.3) is 0 Å². The average molecular weight is 378 g/mol. The van der Waals surface area contributed by atoms with Crippen LogP contribution in [-0.4, -0.2) is 57.6 Å². The standard InChI is InChI=1S/C19H27N3O3S/c1-19(2,3)25-18(24)22-13-6-7-14(22)11-21(9-8-13)17(23)15-10-20-16(26-15)12-4-5-12/h10,12-14H,4-9,11H2,1-3H3/t13-,14-/m0/s1. The highest BCUT2D eigenvalue weighted by Gasteiger charge is 2.43. The Bertz CT molecular complexity index is 707. The monoisotopic (exact) mass is 377 g/mol. The quantitative estimate of drug-likeness (QED) is 0.789. The largest absolute Gasteiger partial charge is 0.444 e. The van der Waals surface area contributed by atoms with Gasteiger partial charge in [-0.05, 0) is 52.9 Å². The summed E-state index contributed by atoms with van der Waals surface area (Å²) in [7, 11) is 0. The van der Waals surface area contributed by atoms with E-state index in [1.807, 2.05) is 30.6 Å². The van der Waals surface area contributed by atoms with Crippen LogP contribution in [0.15, 0.2) is 6.20 Å². The summed E-state index contributed by atoms with van der Waals surface area (Å²) in [5.41, 5.74) is -0.500. The second-order valence-corrected chi connectivity index (χ2v) is 9.71. The third-order valence-electron chi connectivity index (χ3n) is 5.34. The Labute approximate surface area is 158 Å². The van der Waals surface area contributed by atoms with E-state index in [4.69, 9.17) is 4.74 Å². The number of aromatic nitrogens is 1. The Morgan fingerprint density at radius 3 is 2.58 bits per heavy atom. The summed E-state index contributed by atoms with van der Waals surface area (Å²) in [5, 5.41) is 1.10. The SMILES string of the molecule is CC(C)(C)OC(=O)N1[C@H]2CC[C@H]1CN(C(=O)c1cnc(C3CC3)s1)CC2. The molecular weight excluding hydrogens is 350 g/mol. The number of hydrogen-bond acceptors (Lipinski definition) is 5. The van der Waals surface area contributed by atoms with Gasteiger partial charge in [0.1, 0.15) is 10.5 Å². The van der Waals surface area contributed by atoms with Crippen LogP contribution in [0.5, 0.6) is 0 Å². The van der Waals surface area contributed by atoms with E-state index in [2.05, 4.69) is 4.98 Å². The van der Waals surface area contributed by atoms with Gasteiger partial charge in [-0.3, -0.25) is 4.79 Å². The lowest BCUT2D eigenvalue weighted by Gasteiger charge is -2.31. The van der Waals surface area contributed by atoms with Gasteiger partial charge in [0, 0.05) is 25.0 Å². The molecule has 0 N–H and O–H groups in total. The minimum absolute atomic E-state index is 0.0529. The van der Waals surface area contributed by atoms with Crippen molar-refractivity contribution in [2.45, 2.75) is 76.5 Å². The van der Waals surface area contributed by atoms with Crippen LogP contribution < -0.4 is 0 Å². The van der Waals surface area contributed by atoms with Gasteiger partial charge in [-0.1, -0.05) is 0 Å². The molecule has 0 radical (unpaired) electrons. The lowest BCUT2D eigenvalue weighted by atomic mass is 10.1. The number of carbonyl (C=O) groups is 2. The summed E-state index contributed by atoms with van der Waals surface area (Å²) in [6.45, 7) is 6.95. The van der Waals surface area contributed by atoms with E-state index in [1.54, 1.807) is 6.20 Å². The van der Waals surface area contributed by atoms with Crippen LogP contribution in [0.2, 0.25) is 0 Å². The van der Waals surface area contributed by atoms with Gasteiger partial charge in [0.15, 0.2) is 0 Å². The van der Waals surface area contributed by atoms with E-state index < -0.39 is 5.60 Å². The molecule has 26 heavy (non-hydrogen) atoms. The summed E-state index contributed by atoms with van der Waals surface area (Å²) in [6.07, 6.45) is 6.62. The molecule has 1 saturated carbocycles. The fourth-order valence-corrected chi connectivity index (χ4v) is 4.99. The number of rotatable bonds is 2. The van der Waals surface area contributed by atoms with Crippen LogP contribution in [0.4, 0.5) is 4.79 Å². The van der Waals surface area contributed by atoms with Crippen LogP contribution in [0.3, 0.4) is 0 Å². The predicted molar refractivity (Wildman–Crippen MR) is 99.5 cm³/mol. The van der Waals surface area contributed by atoms with Gasteiger partial charge in [-0.15, -0.1) is 11.3 Å². The first kappa shape index (κ1) is 17.8. The number of ether oxygens (including phenoxy) is 1. The molecule has 1 aromatic rings. The Kier molecular flexibility index (Phi) is 4.45. The molecule has 6 nitrogen and oxygen atoms in total. The maximum Gasteiger partial charge on any atom is 0.410 e. The molecule has 2 bridgehead atoms. The van der Waals surface area contributed by atoms with Crippen molar-refractivity contribution in [1.29, 1.82) is 0 Å². The smallest absolute Gasteiger partial charge is 0.410 e. The van der Waals surface area contributed by atoms with Gasteiger partial charge in [0.05, 0.1) is 17.2 Å². The number of likely N-dealkylation sites (tertiary alicyclic amines) is 1. The molecule has 2 atom stereocenters. The molecule has 3 heterocycles. The summed E-state index contributed by atoms with van der Waals surface area (Å²) in [6, 6.07) is 0.230. The van der Waals surface area contributed by atoms with Crippen LogP contribution >= 0.6 is 11.3 Å². The van der Waals surface area contributed by atoms with Crippen molar-refractivity contribution in [3.05, 3.63) is 16.1 Å². The van der Waals surface area contributed by atoms with Crippen molar-refractivity contribution in [2.24, 2.45) is 0 Å². The molecule has 2 amide bonds. The van der Waals surface area contributed by atoms with E-state index in [0.29, 0.717) is 19.0 Å². The first-order chi connectivity index (χ1) is 12.3. The topological polar surface area (TPSA) is 62.7 Å². The summed E-state index contributed by atoms with van der Waals surface area (Å²) in [5.74, 6) is 0.635. The zero-order chi connectivity index (χ0) is 18.5. The van der Waals surface area contributed by atoms with Crippen LogP contribution in [-0.2, 0) is 4.74 Å². The van der Waals surface area contributed by atoms with Crippen molar-refractivity contribution < 1.29 is 14.3 Å². The van der Waals surface area contributed by atoms with E-state index in [1.165, 1.54) is 24.2 Å². The Balaban J connectivity index is 1.46. The number of hydrogen-bond donors (Lipinski definition) is 0. The number of thiazole rings is 1. The molecule has 142 valence electrons. The van der Waals surface area contributed by atoms with Crippen LogP contribution in [0.1, 0.15) is 73.5 Å². The molecule has 3 aliphatic rings. The van der Waals surface area contributed by atoms with Gasteiger partial charge in [0.2, 0.25) is 0 Å². The molecule has 1 aromatic heterocycles. The Hall–Kier alpha value is -1.63. The van der Waals surface area contributed by atoms with Crippen molar-refractivity contribution in [1.82, 2.24) is 14.8 Å². The highest BCUT2D eigenvalue weighted by atomic mass is 32.1. The van der Waals surface area contributed by atoms with Crippen molar-refractivity contribution >= 4 is 23.3 Å². The summed E-state index contributed by atoms with van der Waals surface area (Å²) in [4.78, 5) is 34.6. The maximum atomic E-state index is 13.0. The van der Waals surface area contributed by atoms with E-state index in [9.17, 15) is 9.59 Å². The summed E-state index contributed by atoms with van der Waals surface area (Å²) < 4.78 is 5.61. The number of amides is 2. The fourth-order valence-electron chi connectivity index (χ4n) is 3.93. The van der Waals surface area contributed by atoms with Gasteiger partial charge in [-0.2, -0.15) is 0 Å². The molecule has 7 heteroatoms. The lowest BCUT2D eigenvalue weighted by molar-refractivity contribution is 0.0151. The van der Waals surface area contributed by atoms with Gasteiger partial charge < -0.3 is 14.5 Å². The second kappa shape index (κ2) is 6.51. The van der Waals surface area contributed by atoms with Crippen molar-refractivity contribution in [3.63, 3.8) is 0 Å². The minimum Gasteiger partial charge on any atom is -0.444 e. The van der Waals surface area contributed by atoms with Crippen molar-refractivity contribution in [2.75, 3.05) is 13.1 Å². The number of carbonyl (C=O) groups excluding carboxylic acids is 2. The number of nitrogens with zero attached hydrogens (tertiary/aromatic N) is 3. The van der Waals surface area contributed by atoms with E-state index in [-0.39, 0.29) is 24.1 Å². The molecular formula is C19H27N3O3S. The lowest BCUT2D eigenvalue weighted by Crippen LogP contribution is -2.46. The van der Waals surface area contributed by atoms with Gasteiger partial charge in [0.25, 0.3) is 5.91 Å². The minimum atomic E-state index is -0.500. The normalized spacial score (nSPS) is 26.0. The molecule has 3 fully saturated rings. The molecule has 2 saturated heterocycles. The third-order valence-corrected chi connectivity index (χ3v) is 6.48. The Morgan fingerprint density at radius 1 is 1.15 bits per heavy atom. The Morgan fingerprint density at radius 2 is 1.88 bits per heavy atom.